The molecule has 0 aliphatic heterocycles. The van der Waals surface area contributed by atoms with Crippen molar-refractivity contribution in [3.63, 3.8) is 0 Å². The van der Waals surface area contributed by atoms with Crippen LogP contribution in [0.5, 0.6) is 0 Å². The van der Waals surface area contributed by atoms with Crippen LogP contribution in [0.4, 0.5) is 0 Å². The predicted molar refractivity (Wildman–Crippen MR) is 72.7 cm³/mol. The molecule has 0 radical (unpaired) electrons. The third kappa shape index (κ3) is 5.37. The molecule has 1 aliphatic rings. The van der Waals surface area contributed by atoms with Crippen molar-refractivity contribution in [2.24, 2.45) is 11.7 Å². The molecule has 1 rings (SSSR count). The maximum absolute atomic E-state index is 9.89. The molecule has 94 valence electrons. The molecule has 2 atom stereocenters. The molecule has 1 saturated carbocycles. The first-order valence-electron chi connectivity index (χ1n) is 6.36. The molecule has 0 bridgehead atoms. The second-order valence-corrected chi connectivity index (χ2v) is 5.87. The third-order valence-corrected chi connectivity index (χ3v) is 4.40. The number of hydrogen-bond acceptors (Lipinski definition) is 3. The highest BCUT2D eigenvalue weighted by molar-refractivity contribution is 7.99. The molecule has 0 aromatic rings. The minimum Gasteiger partial charge on any atom is -0.391 e. The molecule has 1 fully saturated rings. The summed E-state index contributed by atoms with van der Waals surface area (Å²) in [6, 6.07) is -0.0413. The van der Waals surface area contributed by atoms with Gasteiger partial charge in [0, 0.05) is 17.5 Å². The highest BCUT2D eigenvalue weighted by atomic mass is 32.2. The van der Waals surface area contributed by atoms with Crippen molar-refractivity contribution < 1.29 is 5.11 Å². The van der Waals surface area contributed by atoms with E-state index in [2.05, 4.69) is 6.58 Å². The van der Waals surface area contributed by atoms with E-state index in [1.54, 1.807) is 11.8 Å². The monoisotopic (exact) mass is 243 g/mol. The first kappa shape index (κ1) is 14.1. The lowest BCUT2D eigenvalue weighted by Gasteiger charge is -2.26. The van der Waals surface area contributed by atoms with Gasteiger partial charge in [-0.25, -0.2) is 0 Å². The lowest BCUT2D eigenvalue weighted by atomic mass is 9.84. The van der Waals surface area contributed by atoms with Crippen molar-refractivity contribution in [3.8, 4) is 0 Å². The fourth-order valence-corrected chi connectivity index (χ4v) is 3.15. The van der Waals surface area contributed by atoms with Crippen LogP contribution in [0.1, 0.15) is 38.5 Å². The average Bonchev–Trinajstić information content (AvgIpc) is 2.30. The smallest absolute Gasteiger partial charge is 0.0781 e. The van der Waals surface area contributed by atoms with Crippen LogP contribution in [0, 0.1) is 5.92 Å². The Morgan fingerprint density at radius 1 is 1.38 bits per heavy atom. The second-order valence-electron chi connectivity index (χ2n) is 4.80. The van der Waals surface area contributed by atoms with Gasteiger partial charge in [0.25, 0.3) is 0 Å². The lowest BCUT2D eigenvalue weighted by molar-refractivity contribution is 0.147. The highest BCUT2D eigenvalue weighted by Gasteiger charge is 2.21. The van der Waals surface area contributed by atoms with E-state index in [0.717, 1.165) is 23.8 Å². The second kappa shape index (κ2) is 8.15. The molecule has 2 unspecified atom stereocenters. The van der Waals surface area contributed by atoms with Crippen LogP contribution in [-0.2, 0) is 0 Å². The van der Waals surface area contributed by atoms with Crippen LogP contribution in [0.15, 0.2) is 12.7 Å². The zero-order chi connectivity index (χ0) is 11.8. The predicted octanol–water partition coefficient (Wildman–Crippen LogP) is 2.56. The summed E-state index contributed by atoms with van der Waals surface area (Å²) in [7, 11) is 0. The normalized spacial score (nSPS) is 21.6. The van der Waals surface area contributed by atoms with E-state index < -0.39 is 0 Å². The largest absolute Gasteiger partial charge is 0.391 e. The van der Waals surface area contributed by atoms with Gasteiger partial charge in [-0.1, -0.05) is 38.2 Å². The Morgan fingerprint density at radius 3 is 2.69 bits per heavy atom. The minimum absolute atomic E-state index is 0.0413. The van der Waals surface area contributed by atoms with Crippen molar-refractivity contribution in [2.75, 3.05) is 11.5 Å². The summed E-state index contributed by atoms with van der Waals surface area (Å²) in [4.78, 5) is 0. The molecule has 3 heteroatoms. The van der Waals surface area contributed by atoms with Crippen molar-refractivity contribution in [3.05, 3.63) is 12.7 Å². The average molecular weight is 243 g/mol. The summed E-state index contributed by atoms with van der Waals surface area (Å²) in [5, 5.41) is 9.89. The van der Waals surface area contributed by atoms with Crippen LogP contribution >= 0.6 is 11.8 Å². The lowest BCUT2D eigenvalue weighted by Crippen LogP contribution is -2.38. The van der Waals surface area contributed by atoms with E-state index >= 15 is 0 Å². The summed E-state index contributed by atoms with van der Waals surface area (Å²) in [6.45, 7) is 3.66. The van der Waals surface area contributed by atoms with Crippen molar-refractivity contribution in [1.82, 2.24) is 0 Å². The molecule has 0 heterocycles. The van der Waals surface area contributed by atoms with Crippen LogP contribution in [-0.4, -0.2) is 28.8 Å². The van der Waals surface area contributed by atoms with Crippen LogP contribution in [0.3, 0.4) is 0 Å². The standard InChI is InChI=1S/C13H25NOS/c1-2-8-16-10-13(15)12(14)9-11-6-4-3-5-7-11/h2,11-13,15H,1,3-10,14H2. The fraction of sp³-hybridized carbons (Fsp3) is 0.846. The van der Waals surface area contributed by atoms with Gasteiger partial charge < -0.3 is 10.8 Å². The molecule has 0 saturated heterocycles. The van der Waals surface area contributed by atoms with E-state index in [9.17, 15) is 5.11 Å². The Hall–Kier alpha value is 0.01000. The van der Waals surface area contributed by atoms with Crippen LogP contribution < -0.4 is 5.73 Å². The zero-order valence-electron chi connectivity index (χ0n) is 10.1. The molecule has 0 aromatic heterocycles. The number of aliphatic hydroxyl groups excluding tert-OH is 1. The quantitative estimate of drug-likeness (QED) is 0.533. The van der Waals surface area contributed by atoms with E-state index in [0.29, 0.717) is 0 Å². The minimum atomic E-state index is -0.355. The summed E-state index contributed by atoms with van der Waals surface area (Å²) in [6.07, 6.45) is 9.19. The molecule has 16 heavy (non-hydrogen) atoms. The summed E-state index contributed by atoms with van der Waals surface area (Å²) in [5.74, 6) is 2.38. The van der Waals surface area contributed by atoms with Gasteiger partial charge in [-0.05, 0) is 12.3 Å². The van der Waals surface area contributed by atoms with Crippen LogP contribution in [0.2, 0.25) is 0 Å². The summed E-state index contributed by atoms with van der Waals surface area (Å²) < 4.78 is 0. The van der Waals surface area contributed by atoms with Gasteiger partial charge in [-0.2, -0.15) is 11.8 Å². The maximum Gasteiger partial charge on any atom is 0.0781 e. The van der Waals surface area contributed by atoms with Gasteiger partial charge in [0.2, 0.25) is 0 Å². The van der Waals surface area contributed by atoms with Crippen molar-refractivity contribution in [1.29, 1.82) is 0 Å². The van der Waals surface area contributed by atoms with E-state index in [4.69, 9.17) is 5.73 Å². The van der Waals surface area contributed by atoms with Crippen molar-refractivity contribution in [2.45, 2.75) is 50.7 Å². The Morgan fingerprint density at radius 2 is 2.06 bits per heavy atom. The fourth-order valence-electron chi connectivity index (χ4n) is 2.36. The zero-order valence-corrected chi connectivity index (χ0v) is 10.9. The Kier molecular flexibility index (Phi) is 7.17. The summed E-state index contributed by atoms with van der Waals surface area (Å²) in [5.41, 5.74) is 6.04. The van der Waals surface area contributed by atoms with E-state index in [-0.39, 0.29) is 12.1 Å². The first-order valence-corrected chi connectivity index (χ1v) is 7.51. The Labute approximate surface area is 104 Å². The summed E-state index contributed by atoms with van der Waals surface area (Å²) >= 11 is 1.70. The molecule has 1 aliphatic carbocycles. The highest BCUT2D eigenvalue weighted by Crippen LogP contribution is 2.27. The molecule has 0 spiro atoms. The topological polar surface area (TPSA) is 46.2 Å². The van der Waals surface area contributed by atoms with Crippen molar-refractivity contribution >= 4 is 11.8 Å². The van der Waals surface area contributed by atoms with Crippen LogP contribution in [0.25, 0.3) is 0 Å². The number of aliphatic hydroxyl groups is 1. The van der Waals surface area contributed by atoms with Gasteiger partial charge in [-0.3, -0.25) is 0 Å². The molecule has 3 N–H and O–H groups in total. The SMILES string of the molecule is C=CCSCC(O)C(N)CC1CCCCC1. The third-order valence-electron chi connectivity index (χ3n) is 3.35. The Bertz CT molecular complexity index is 192. The van der Waals surface area contributed by atoms with Gasteiger partial charge >= 0.3 is 0 Å². The molecule has 2 nitrogen and oxygen atoms in total. The number of nitrogens with two attached hydrogens (primary N) is 1. The molecular weight excluding hydrogens is 218 g/mol. The van der Waals surface area contributed by atoms with Gasteiger partial charge in [0.1, 0.15) is 0 Å². The maximum atomic E-state index is 9.89. The first-order chi connectivity index (χ1) is 7.74. The van der Waals surface area contributed by atoms with Gasteiger partial charge in [0.05, 0.1) is 6.10 Å². The number of hydrogen-bond donors (Lipinski definition) is 2. The van der Waals surface area contributed by atoms with E-state index in [1.165, 1.54) is 32.1 Å². The van der Waals surface area contributed by atoms with Gasteiger partial charge in [-0.15, -0.1) is 6.58 Å². The number of rotatable bonds is 7. The molecule has 0 aromatic carbocycles. The number of thioether (sulfide) groups is 1. The Balaban J connectivity index is 2.16. The van der Waals surface area contributed by atoms with Gasteiger partial charge in [0.15, 0.2) is 0 Å². The van der Waals surface area contributed by atoms with E-state index in [1.807, 2.05) is 6.08 Å². The molecule has 0 amide bonds. The molecular formula is C13H25NOS.